The van der Waals surface area contributed by atoms with Gasteiger partial charge in [0, 0.05) is 26.3 Å². The number of nitrogens with zero attached hydrogens (tertiary/aromatic N) is 2. The van der Waals surface area contributed by atoms with E-state index in [4.69, 9.17) is 10.00 Å². The quantitative estimate of drug-likeness (QED) is 0.842. The van der Waals surface area contributed by atoms with Gasteiger partial charge in [0.15, 0.2) is 0 Å². The summed E-state index contributed by atoms with van der Waals surface area (Å²) in [6, 6.07) is 4.97. The minimum atomic E-state index is -3.48. The number of thiophene rings is 1. The third-order valence-electron chi connectivity index (χ3n) is 3.03. The van der Waals surface area contributed by atoms with Gasteiger partial charge in [-0.2, -0.15) is 9.57 Å². The van der Waals surface area contributed by atoms with E-state index in [1.54, 1.807) is 7.05 Å². The van der Waals surface area contributed by atoms with Crippen molar-refractivity contribution in [3.63, 3.8) is 0 Å². The Morgan fingerprint density at radius 3 is 2.67 bits per heavy atom. The smallest absolute Gasteiger partial charge is 0.252 e. The van der Waals surface area contributed by atoms with E-state index in [9.17, 15) is 8.42 Å². The molecule has 0 aromatic carbocycles. The van der Waals surface area contributed by atoms with Crippen LogP contribution in [0.15, 0.2) is 16.3 Å². The average molecular weight is 286 g/mol. The maximum Gasteiger partial charge on any atom is 0.252 e. The predicted molar refractivity (Wildman–Crippen MR) is 67.8 cm³/mol. The molecule has 0 saturated carbocycles. The fourth-order valence-electron chi connectivity index (χ4n) is 1.91. The zero-order valence-electron chi connectivity index (χ0n) is 10.00. The van der Waals surface area contributed by atoms with Gasteiger partial charge in [-0.3, -0.25) is 0 Å². The van der Waals surface area contributed by atoms with E-state index in [-0.39, 0.29) is 10.3 Å². The van der Waals surface area contributed by atoms with Crippen molar-refractivity contribution < 1.29 is 13.2 Å². The molecule has 1 aromatic rings. The van der Waals surface area contributed by atoms with Gasteiger partial charge in [0.1, 0.15) is 15.2 Å². The molecule has 1 aliphatic heterocycles. The van der Waals surface area contributed by atoms with Crippen molar-refractivity contribution in [2.75, 3.05) is 20.3 Å². The monoisotopic (exact) mass is 286 g/mol. The molecule has 0 radical (unpaired) electrons. The summed E-state index contributed by atoms with van der Waals surface area (Å²) in [4.78, 5) is 0.411. The number of ether oxygens (including phenoxy) is 1. The van der Waals surface area contributed by atoms with E-state index in [1.807, 2.05) is 6.07 Å². The van der Waals surface area contributed by atoms with E-state index in [0.29, 0.717) is 30.9 Å². The lowest BCUT2D eigenvalue weighted by molar-refractivity contribution is 0.0632. The molecule has 2 rings (SSSR count). The van der Waals surface area contributed by atoms with Crippen LogP contribution in [0.4, 0.5) is 0 Å². The summed E-state index contributed by atoms with van der Waals surface area (Å²) in [5.74, 6) is 0. The minimum Gasteiger partial charge on any atom is -0.381 e. The SMILES string of the molecule is CN(C1CCOCC1)S(=O)(=O)c1ccc(C#N)s1. The highest BCUT2D eigenvalue weighted by Crippen LogP contribution is 2.27. The fourth-order valence-corrected chi connectivity index (χ4v) is 4.61. The van der Waals surface area contributed by atoms with E-state index in [0.717, 1.165) is 11.3 Å². The molecule has 5 nitrogen and oxygen atoms in total. The lowest BCUT2D eigenvalue weighted by Crippen LogP contribution is -2.40. The molecule has 0 N–H and O–H groups in total. The summed E-state index contributed by atoms with van der Waals surface area (Å²) >= 11 is 1.01. The zero-order chi connectivity index (χ0) is 13.2. The van der Waals surface area contributed by atoms with Crippen LogP contribution in [0, 0.1) is 11.3 Å². The second-order valence-corrected chi connectivity index (χ2v) is 7.40. The van der Waals surface area contributed by atoms with Crippen molar-refractivity contribution in [2.45, 2.75) is 23.1 Å². The zero-order valence-corrected chi connectivity index (χ0v) is 11.6. The Kier molecular flexibility index (Phi) is 4.02. The van der Waals surface area contributed by atoms with E-state index >= 15 is 0 Å². The number of rotatable bonds is 3. The molecule has 0 atom stereocenters. The van der Waals surface area contributed by atoms with Gasteiger partial charge in [0.2, 0.25) is 0 Å². The van der Waals surface area contributed by atoms with Gasteiger partial charge in [-0.25, -0.2) is 8.42 Å². The molecule has 1 aromatic heterocycles. The molecular formula is C11H14N2O3S2. The van der Waals surface area contributed by atoms with Crippen molar-refractivity contribution in [1.82, 2.24) is 4.31 Å². The highest BCUT2D eigenvalue weighted by molar-refractivity contribution is 7.91. The van der Waals surface area contributed by atoms with Crippen molar-refractivity contribution in [3.05, 3.63) is 17.0 Å². The maximum atomic E-state index is 12.3. The first kappa shape index (κ1) is 13.5. The number of hydrogen-bond donors (Lipinski definition) is 0. The molecule has 0 spiro atoms. The Bertz CT molecular complexity index is 553. The summed E-state index contributed by atoms with van der Waals surface area (Å²) in [7, 11) is -1.89. The van der Waals surface area contributed by atoms with Gasteiger partial charge < -0.3 is 4.74 Å². The van der Waals surface area contributed by atoms with Crippen LogP contribution in [0.25, 0.3) is 0 Å². The van der Waals surface area contributed by atoms with Gasteiger partial charge in [-0.1, -0.05) is 0 Å². The van der Waals surface area contributed by atoms with Crippen LogP contribution in [-0.4, -0.2) is 39.0 Å². The molecule has 2 heterocycles. The molecule has 0 bridgehead atoms. The third-order valence-corrected chi connectivity index (χ3v) is 6.40. The molecule has 98 valence electrons. The normalized spacial score (nSPS) is 17.8. The molecule has 7 heteroatoms. The first-order valence-corrected chi connectivity index (χ1v) is 7.87. The van der Waals surface area contributed by atoms with Crippen molar-refractivity contribution >= 4 is 21.4 Å². The molecule has 1 saturated heterocycles. The molecule has 1 aliphatic rings. The van der Waals surface area contributed by atoms with Crippen LogP contribution >= 0.6 is 11.3 Å². The van der Waals surface area contributed by atoms with Gasteiger partial charge in [-0.05, 0) is 25.0 Å². The average Bonchev–Trinajstić information content (AvgIpc) is 2.88. The highest BCUT2D eigenvalue weighted by atomic mass is 32.2. The Morgan fingerprint density at radius 1 is 1.44 bits per heavy atom. The van der Waals surface area contributed by atoms with Gasteiger partial charge in [0.25, 0.3) is 10.0 Å². The lowest BCUT2D eigenvalue weighted by atomic mass is 10.1. The van der Waals surface area contributed by atoms with Crippen LogP contribution in [0.2, 0.25) is 0 Å². The summed E-state index contributed by atoms with van der Waals surface area (Å²) in [5, 5.41) is 8.74. The maximum absolute atomic E-state index is 12.3. The molecule has 1 fully saturated rings. The Balaban J connectivity index is 2.22. The van der Waals surface area contributed by atoms with Crippen molar-refractivity contribution in [3.8, 4) is 6.07 Å². The van der Waals surface area contributed by atoms with E-state index in [1.165, 1.54) is 16.4 Å². The number of nitriles is 1. The highest BCUT2D eigenvalue weighted by Gasteiger charge is 2.30. The van der Waals surface area contributed by atoms with Crippen LogP contribution in [0.5, 0.6) is 0 Å². The van der Waals surface area contributed by atoms with Gasteiger partial charge >= 0.3 is 0 Å². The molecule has 18 heavy (non-hydrogen) atoms. The topological polar surface area (TPSA) is 70.4 Å². The fraction of sp³-hybridized carbons (Fsp3) is 0.545. The van der Waals surface area contributed by atoms with E-state index < -0.39 is 10.0 Å². The Morgan fingerprint density at radius 2 is 2.11 bits per heavy atom. The summed E-state index contributed by atoms with van der Waals surface area (Å²) in [6.45, 7) is 1.19. The second kappa shape index (κ2) is 5.36. The van der Waals surface area contributed by atoms with Crippen molar-refractivity contribution in [1.29, 1.82) is 5.26 Å². The second-order valence-electron chi connectivity index (χ2n) is 4.10. The lowest BCUT2D eigenvalue weighted by Gasteiger charge is -2.29. The van der Waals surface area contributed by atoms with Crippen LogP contribution in [0.3, 0.4) is 0 Å². The number of hydrogen-bond acceptors (Lipinski definition) is 5. The van der Waals surface area contributed by atoms with E-state index in [2.05, 4.69) is 0 Å². The summed E-state index contributed by atoms with van der Waals surface area (Å²) < 4.78 is 31.6. The molecule has 0 aliphatic carbocycles. The number of sulfonamides is 1. The largest absolute Gasteiger partial charge is 0.381 e. The first-order chi connectivity index (χ1) is 8.55. The van der Waals surface area contributed by atoms with Crippen LogP contribution < -0.4 is 0 Å². The Labute approximate surface area is 111 Å². The first-order valence-electron chi connectivity index (χ1n) is 5.61. The third kappa shape index (κ3) is 2.57. The predicted octanol–water partition coefficient (Wildman–Crippen LogP) is 1.42. The summed E-state index contributed by atoms with van der Waals surface area (Å²) in [6.07, 6.45) is 1.43. The summed E-state index contributed by atoms with van der Waals surface area (Å²) in [5.41, 5.74) is 0. The van der Waals surface area contributed by atoms with Crippen LogP contribution in [0.1, 0.15) is 17.7 Å². The van der Waals surface area contributed by atoms with Gasteiger partial charge in [-0.15, -0.1) is 11.3 Å². The molecule has 0 amide bonds. The Hall–Kier alpha value is -0.940. The van der Waals surface area contributed by atoms with Crippen LogP contribution in [-0.2, 0) is 14.8 Å². The molecular weight excluding hydrogens is 272 g/mol. The standard InChI is InChI=1S/C11H14N2O3S2/c1-13(9-4-6-16-7-5-9)18(14,15)11-3-2-10(8-12)17-11/h2-3,9H,4-7H2,1H3. The molecule has 0 unspecified atom stereocenters. The van der Waals surface area contributed by atoms with Crippen molar-refractivity contribution in [2.24, 2.45) is 0 Å². The van der Waals surface area contributed by atoms with Gasteiger partial charge in [0.05, 0.1) is 0 Å². The minimum absolute atomic E-state index is 0.0172.